The van der Waals surface area contributed by atoms with Gasteiger partial charge in [0.05, 0.1) is 13.1 Å². The number of carbonyl (C=O) groups excluding carboxylic acids is 1. The zero-order chi connectivity index (χ0) is 13.7. The molecule has 0 aliphatic heterocycles. The van der Waals surface area contributed by atoms with Crippen LogP contribution in [0, 0.1) is 0 Å². The predicted molar refractivity (Wildman–Crippen MR) is 72.3 cm³/mol. The Morgan fingerprint density at radius 2 is 1.68 bits per heavy atom. The van der Waals surface area contributed by atoms with E-state index < -0.39 is 5.97 Å². The number of carboxylic acids is 1. The first kappa shape index (κ1) is 12.9. The summed E-state index contributed by atoms with van der Waals surface area (Å²) in [5.41, 5.74) is 1.44. The van der Waals surface area contributed by atoms with E-state index in [4.69, 9.17) is 4.74 Å². The third-order valence-corrected chi connectivity index (χ3v) is 2.74. The van der Waals surface area contributed by atoms with Gasteiger partial charge in [-0.05, 0) is 17.7 Å². The van der Waals surface area contributed by atoms with Crippen molar-refractivity contribution in [3.05, 3.63) is 65.7 Å². The minimum atomic E-state index is -1.21. The summed E-state index contributed by atoms with van der Waals surface area (Å²) in [5.74, 6) is -0.589. The van der Waals surface area contributed by atoms with Gasteiger partial charge in [-0.25, -0.2) is 0 Å². The van der Waals surface area contributed by atoms with Gasteiger partial charge >= 0.3 is 0 Å². The van der Waals surface area contributed by atoms with Crippen molar-refractivity contribution in [3.63, 3.8) is 0 Å². The first-order chi connectivity index (χ1) is 9.22. The topological polar surface area (TPSA) is 49.4 Å². The lowest BCUT2D eigenvalue weighted by atomic mass is 10.0. The van der Waals surface area contributed by atoms with Gasteiger partial charge in [-0.2, -0.15) is 0 Å². The molecule has 0 fully saturated rings. The van der Waals surface area contributed by atoms with E-state index in [1.54, 1.807) is 49.6 Å². The van der Waals surface area contributed by atoms with Gasteiger partial charge in [0.25, 0.3) is 0 Å². The zero-order valence-corrected chi connectivity index (χ0v) is 10.5. The first-order valence-electron chi connectivity index (χ1n) is 5.84. The molecule has 2 aromatic carbocycles. The van der Waals surface area contributed by atoms with Crippen LogP contribution in [0.25, 0.3) is 11.6 Å². The molecule has 0 aliphatic carbocycles. The molecule has 19 heavy (non-hydrogen) atoms. The van der Waals surface area contributed by atoms with Crippen LogP contribution >= 0.6 is 0 Å². The van der Waals surface area contributed by atoms with Gasteiger partial charge in [-0.3, -0.25) is 0 Å². The van der Waals surface area contributed by atoms with Crippen molar-refractivity contribution in [3.8, 4) is 5.75 Å². The lowest BCUT2D eigenvalue weighted by Crippen LogP contribution is -2.23. The van der Waals surface area contributed by atoms with Crippen molar-refractivity contribution in [1.82, 2.24) is 0 Å². The van der Waals surface area contributed by atoms with Crippen molar-refractivity contribution in [1.29, 1.82) is 0 Å². The van der Waals surface area contributed by atoms with Crippen molar-refractivity contribution in [2.24, 2.45) is 0 Å². The molecule has 0 amide bonds. The quantitative estimate of drug-likeness (QED) is 0.618. The fourth-order valence-corrected chi connectivity index (χ4v) is 1.82. The molecule has 0 saturated heterocycles. The number of hydrogen-bond acceptors (Lipinski definition) is 3. The highest BCUT2D eigenvalue weighted by atomic mass is 16.5. The number of hydrogen-bond donors (Lipinski definition) is 0. The maximum absolute atomic E-state index is 11.3. The van der Waals surface area contributed by atoms with E-state index in [2.05, 4.69) is 0 Å². The summed E-state index contributed by atoms with van der Waals surface area (Å²) in [6.07, 6.45) is 1.56. The first-order valence-corrected chi connectivity index (χ1v) is 5.84. The highest BCUT2D eigenvalue weighted by Crippen LogP contribution is 2.24. The molecular formula is C16H13O3-. The Bertz CT molecular complexity index is 600. The van der Waals surface area contributed by atoms with Gasteiger partial charge < -0.3 is 14.6 Å². The zero-order valence-electron chi connectivity index (χ0n) is 10.5. The number of benzene rings is 2. The average molecular weight is 253 g/mol. The van der Waals surface area contributed by atoms with E-state index in [-0.39, 0.29) is 5.57 Å². The SMILES string of the molecule is COc1ccccc1/C=C(/C(=O)[O-])c1ccccc1. The number of para-hydroxylation sites is 1. The highest BCUT2D eigenvalue weighted by Gasteiger charge is 2.05. The summed E-state index contributed by atoms with van der Waals surface area (Å²) >= 11 is 0. The molecular weight excluding hydrogens is 240 g/mol. The molecule has 0 aromatic heterocycles. The van der Waals surface area contributed by atoms with Gasteiger partial charge in [0, 0.05) is 11.1 Å². The lowest BCUT2D eigenvalue weighted by molar-refractivity contribution is -0.295. The maximum atomic E-state index is 11.3. The molecule has 0 bridgehead atoms. The standard InChI is InChI=1S/C16H14O3/c1-19-15-10-6-5-9-13(15)11-14(16(17)18)12-7-3-2-4-8-12/h2-11H,1H3,(H,17,18)/p-1/b14-11+. The van der Waals surface area contributed by atoms with E-state index in [0.29, 0.717) is 16.9 Å². The van der Waals surface area contributed by atoms with Gasteiger partial charge in [0.2, 0.25) is 0 Å². The van der Waals surface area contributed by atoms with E-state index >= 15 is 0 Å². The molecule has 3 nitrogen and oxygen atoms in total. The molecule has 0 radical (unpaired) electrons. The van der Waals surface area contributed by atoms with Crippen molar-refractivity contribution in [2.75, 3.05) is 7.11 Å². The fourth-order valence-electron chi connectivity index (χ4n) is 1.82. The van der Waals surface area contributed by atoms with Crippen LogP contribution < -0.4 is 9.84 Å². The minimum Gasteiger partial charge on any atom is -0.545 e. The summed E-state index contributed by atoms with van der Waals surface area (Å²) in [5, 5.41) is 11.3. The van der Waals surface area contributed by atoms with Crippen molar-refractivity contribution < 1.29 is 14.6 Å². The second-order valence-corrected chi connectivity index (χ2v) is 3.95. The molecule has 2 rings (SSSR count). The third-order valence-electron chi connectivity index (χ3n) is 2.74. The monoisotopic (exact) mass is 253 g/mol. The molecule has 0 saturated carbocycles. The number of rotatable bonds is 4. The largest absolute Gasteiger partial charge is 0.545 e. The predicted octanol–water partition coefficient (Wildman–Crippen LogP) is 1.99. The minimum absolute atomic E-state index is 0.130. The molecule has 96 valence electrons. The molecule has 0 spiro atoms. The summed E-state index contributed by atoms with van der Waals surface area (Å²) in [7, 11) is 1.55. The number of carboxylic acid groups (broad SMARTS) is 1. The average Bonchev–Trinajstić information content (AvgIpc) is 2.45. The number of ether oxygens (including phenoxy) is 1. The second kappa shape index (κ2) is 5.87. The molecule has 3 heteroatoms. The summed E-state index contributed by atoms with van der Waals surface area (Å²) in [6, 6.07) is 16.1. The van der Waals surface area contributed by atoms with Crippen LogP contribution in [-0.2, 0) is 4.79 Å². The van der Waals surface area contributed by atoms with E-state index in [0.717, 1.165) is 0 Å². The van der Waals surface area contributed by atoms with Gasteiger partial charge in [-0.15, -0.1) is 0 Å². The Morgan fingerprint density at radius 1 is 1.05 bits per heavy atom. The summed E-state index contributed by atoms with van der Waals surface area (Å²) in [6.45, 7) is 0. The number of carbonyl (C=O) groups is 1. The molecule has 0 aliphatic rings. The Morgan fingerprint density at radius 3 is 2.32 bits per heavy atom. The summed E-state index contributed by atoms with van der Waals surface area (Å²) < 4.78 is 5.20. The van der Waals surface area contributed by atoms with Crippen LogP contribution in [0.15, 0.2) is 54.6 Å². The molecule has 0 N–H and O–H groups in total. The fraction of sp³-hybridized carbons (Fsp3) is 0.0625. The maximum Gasteiger partial charge on any atom is 0.126 e. The van der Waals surface area contributed by atoms with Gasteiger partial charge in [0.1, 0.15) is 5.75 Å². The number of methoxy groups -OCH3 is 1. The van der Waals surface area contributed by atoms with Crippen LogP contribution in [-0.4, -0.2) is 13.1 Å². The Labute approximate surface area is 111 Å². The Kier molecular flexibility index (Phi) is 3.98. The van der Waals surface area contributed by atoms with E-state index in [9.17, 15) is 9.90 Å². The normalized spacial score (nSPS) is 11.1. The Balaban J connectivity index is 2.51. The summed E-state index contributed by atoms with van der Waals surface area (Å²) in [4.78, 5) is 11.3. The van der Waals surface area contributed by atoms with Crippen LogP contribution in [0.3, 0.4) is 0 Å². The Hall–Kier alpha value is -2.55. The van der Waals surface area contributed by atoms with Gasteiger partial charge in [-0.1, -0.05) is 48.5 Å². The van der Waals surface area contributed by atoms with Gasteiger partial charge in [0.15, 0.2) is 0 Å². The molecule has 0 atom stereocenters. The van der Waals surface area contributed by atoms with E-state index in [1.807, 2.05) is 18.2 Å². The second-order valence-electron chi connectivity index (χ2n) is 3.95. The highest BCUT2D eigenvalue weighted by molar-refractivity contribution is 6.19. The third kappa shape index (κ3) is 3.01. The molecule has 2 aromatic rings. The van der Waals surface area contributed by atoms with E-state index in [1.165, 1.54) is 0 Å². The smallest absolute Gasteiger partial charge is 0.126 e. The molecule has 0 unspecified atom stereocenters. The van der Waals surface area contributed by atoms with Crippen LogP contribution in [0.4, 0.5) is 0 Å². The number of aliphatic carboxylic acids is 1. The van der Waals surface area contributed by atoms with Crippen LogP contribution in [0.2, 0.25) is 0 Å². The molecule has 0 heterocycles. The van der Waals surface area contributed by atoms with Crippen LogP contribution in [0.1, 0.15) is 11.1 Å². The van der Waals surface area contributed by atoms with Crippen molar-refractivity contribution in [2.45, 2.75) is 0 Å². The lowest BCUT2D eigenvalue weighted by Gasteiger charge is -2.10. The van der Waals surface area contributed by atoms with Crippen LogP contribution in [0.5, 0.6) is 5.75 Å². The van der Waals surface area contributed by atoms with Crippen molar-refractivity contribution >= 4 is 17.6 Å².